The first-order chi connectivity index (χ1) is 6.77. The number of rotatable bonds is 2. The Morgan fingerprint density at radius 1 is 1.14 bits per heavy atom. The molecule has 3 nitrogen and oxygen atoms in total. The van der Waals surface area contributed by atoms with E-state index < -0.39 is 12.2 Å². The molecule has 2 aromatic rings. The number of halogens is 2. The van der Waals surface area contributed by atoms with Gasteiger partial charge < -0.3 is 0 Å². The third-order valence-electron chi connectivity index (χ3n) is 1.74. The van der Waals surface area contributed by atoms with Crippen LogP contribution in [-0.2, 0) is 0 Å². The first-order valence-electron chi connectivity index (χ1n) is 4.03. The van der Waals surface area contributed by atoms with Crippen LogP contribution in [0.2, 0.25) is 0 Å². The monoisotopic (exact) mass is 195 g/mol. The van der Waals surface area contributed by atoms with Crippen molar-refractivity contribution in [2.75, 3.05) is 0 Å². The molecule has 72 valence electrons. The molecule has 0 aliphatic heterocycles. The number of nitrogens with zero attached hydrogens (tertiary/aromatic N) is 2. The quantitative estimate of drug-likeness (QED) is 0.799. The summed E-state index contributed by atoms with van der Waals surface area (Å²) in [5.41, 5.74) is 0.718. The number of nitrogens with one attached hydrogen (secondary N) is 1. The summed E-state index contributed by atoms with van der Waals surface area (Å²) in [6.07, 6.45) is -2.61. The van der Waals surface area contributed by atoms with Gasteiger partial charge in [0.05, 0.1) is 0 Å². The summed E-state index contributed by atoms with van der Waals surface area (Å²) < 4.78 is 24.3. The van der Waals surface area contributed by atoms with Crippen LogP contribution in [0.3, 0.4) is 0 Å². The minimum Gasteiger partial charge on any atom is -0.258 e. The van der Waals surface area contributed by atoms with Crippen molar-refractivity contribution in [1.82, 2.24) is 15.2 Å². The molecule has 0 amide bonds. The molecule has 1 aromatic heterocycles. The van der Waals surface area contributed by atoms with E-state index in [0.29, 0.717) is 5.82 Å². The Morgan fingerprint density at radius 3 is 2.43 bits per heavy atom. The first kappa shape index (κ1) is 8.80. The zero-order valence-corrected chi connectivity index (χ0v) is 7.11. The van der Waals surface area contributed by atoms with Gasteiger partial charge in [0.2, 0.25) is 0 Å². The van der Waals surface area contributed by atoms with Gasteiger partial charge in [-0.3, -0.25) is 5.10 Å². The Bertz CT molecular complexity index is 411. The average molecular weight is 195 g/mol. The van der Waals surface area contributed by atoms with Crippen LogP contribution in [0.1, 0.15) is 12.2 Å². The van der Waals surface area contributed by atoms with Gasteiger partial charge in [-0.25, -0.2) is 13.8 Å². The molecule has 14 heavy (non-hydrogen) atoms. The molecule has 2 rings (SSSR count). The number of aromatic amines is 1. The van der Waals surface area contributed by atoms with E-state index >= 15 is 0 Å². The van der Waals surface area contributed by atoms with Crippen molar-refractivity contribution >= 4 is 0 Å². The van der Waals surface area contributed by atoms with Gasteiger partial charge in [-0.1, -0.05) is 30.3 Å². The molecule has 0 spiro atoms. The molecule has 0 aliphatic carbocycles. The van der Waals surface area contributed by atoms with E-state index in [1.807, 2.05) is 6.07 Å². The molecule has 0 saturated carbocycles. The molecule has 0 unspecified atom stereocenters. The van der Waals surface area contributed by atoms with Gasteiger partial charge >= 0.3 is 0 Å². The highest BCUT2D eigenvalue weighted by Crippen LogP contribution is 2.18. The molecule has 0 fully saturated rings. The highest BCUT2D eigenvalue weighted by atomic mass is 19.3. The molecule has 0 aliphatic rings. The second-order valence-electron chi connectivity index (χ2n) is 2.71. The summed E-state index contributed by atoms with van der Waals surface area (Å²) in [6.45, 7) is 0. The van der Waals surface area contributed by atoms with E-state index in [1.165, 1.54) is 0 Å². The Balaban J connectivity index is 2.34. The van der Waals surface area contributed by atoms with Gasteiger partial charge in [-0.15, -0.1) is 0 Å². The molecule has 5 heteroatoms. The number of H-pyrrole nitrogens is 1. The van der Waals surface area contributed by atoms with E-state index in [4.69, 9.17) is 0 Å². The maximum Gasteiger partial charge on any atom is 0.296 e. The lowest BCUT2D eigenvalue weighted by atomic mass is 10.2. The standard InChI is InChI=1S/C9H7F2N3/c10-7(11)9-12-8(13-14-9)6-4-2-1-3-5-6/h1-5,7H,(H,12,13,14). The van der Waals surface area contributed by atoms with Gasteiger partial charge in [-0.2, -0.15) is 5.10 Å². The van der Waals surface area contributed by atoms with Crippen molar-refractivity contribution < 1.29 is 8.78 Å². The van der Waals surface area contributed by atoms with E-state index in [9.17, 15) is 8.78 Å². The summed E-state index contributed by atoms with van der Waals surface area (Å²) in [6, 6.07) is 8.96. The number of hydrogen-bond acceptors (Lipinski definition) is 2. The zero-order valence-electron chi connectivity index (χ0n) is 7.11. The normalized spacial score (nSPS) is 10.8. The fraction of sp³-hybridized carbons (Fsp3) is 0.111. The summed E-state index contributed by atoms with van der Waals surface area (Å²) >= 11 is 0. The number of alkyl halides is 2. The maximum atomic E-state index is 12.2. The SMILES string of the molecule is FC(F)c1nc(-c2ccccc2)n[nH]1. The predicted molar refractivity (Wildman–Crippen MR) is 46.8 cm³/mol. The van der Waals surface area contributed by atoms with Crippen LogP contribution in [0.5, 0.6) is 0 Å². The molecule has 0 saturated heterocycles. The second kappa shape index (κ2) is 3.53. The summed E-state index contributed by atoms with van der Waals surface area (Å²) in [4.78, 5) is 3.66. The molecule has 1 heterocycles. The highest BCUT2D eigenvalue weighted by molar-refractivity contribution is 5.53. The molecule has 0 bridgehead atoms. The van der Waals surface area contributed by atoms with Crippen molar-refractivity contribution in [2.45, 2.75) is 6.43 Å². The van der Waals surface area contributed by atoms with Crippen molar-refractivity contribution in [3.8, 4) is 11.4 Å². The van der Waals surface area contributed by atoms with Gasteiger partial charge in [0.25, 0.3) is 6.43 Å². The molecule has 1 aromatic carbocycles. The van der Waals surface area contributed by atoms with Crippen LogP contribution in [0.15, 0.2) is 30.3 Å². The largest absolute Gasteiger partial charge is 0.296 e. The molecule has 1 N–H and O–H groups in total. The lowest BCUT2D eigenvalue weighted by Crippen LogP contribution is -1.86. The van der Waals surface area contributed by atoms with Crippen molar-refractivity contribution in [2.24, 2.45) is 0 Å². The van der Waals surface area contributed by atoms with Crippen LogP contribution in [0.25, 0.3) is 11.4 Å². The molecule has 0 atom stereocenters. The summed E-state index contributed by atoms with van der Waals surface area (Å²) in [5.74, 6) is -0.107. The van der Waals surface area contributed by atoms with Crippen molar-refractivity contribution in [3.05, 3.63) is 36.2 Å². The van der Waals surface area contributed by atoms with Crippen molar-refractivity contribution in [1.29, 1.82) is 0 Å². The number of benzene rings is 1. The smallest absolute Gasteiger partial charge is 0.258 e. The zero-order chi connectivity index (χ0) is 9.97. The topological polar surface area (TPSA) is 41.6 Å². The van der Waals surface area contributed by atoms with Crippen LogP contribution in [0.4, 0.5) is 8.78 Å². The summed E-state index contributed by atoms with van der Waals surface area (Å²) in [7, 11) is 0. The predicted octanol–water partition coefficient (Wildman–Crippen LogP) is 2.41. The molecule has 0 radical (unpaired) electrons. The number of aromatic nitrogens is 3. The molecular weight excluding hydrogens is 188 g/mol. The van der Waals surface area contributed by atoms with Gasteiger partial charge in [0.15, 0.2) is 11.6 Å². The lowest BCUT2D eigenvalue weighted by molar-refractivity contribution is 0.141. The minimum atomic E-state index is -2.61. The summed E-state index contributed by atoms with van der Waals surface area (Å²) in [5, 5.41) is 5.88. The second-order valence-corrected chi connectivity index (χ2v) is 2.71. The van der Waals surface area contributed by atoms with Crippen LogP contribution >= 0.6 is 0 Å². The van der Waals surface area contributed by atoms with Crippen molar-refractivity contribution in [3.63, 3.8) is 0 Å². The van der Waals surface area contributed by atoms with Crippen LogP contribution < -0.4 is 0 Å². The van der Waals surface area contributed by atoms with E-state index in [0.717, 1.165) is 5.56 Å². The van der Waals surface area contributed by atoms with Crippen LogP contribution in [0, 0.1) is 0 Å². The Kier molecular flexibility index (Phi) is 2.22. The highest BCUT2D eigenvalue weighted by Gasteiger charge is 2.13. The Labute approximate surface area is 78.8 Å². The van der Waals surface area contributed by atoms with E-state index in [1.54, 1.807) is 24.3 Å². The molecular formula is C9H7F2N3. The third kappa shape index (κ3) is 1.61. The Hall–Kier alpha value is -1.78. The van der Waals surface area contributed by atoms with E-state index in [2.05, 4.69) is 15.2 Å². The minimum absolute atomic E-state index is 0.293. The lowest BCUT2D eigenvalue weighted by Gasteiger charge is -1.91. The average Bonchev–Trinajstić information content (AvgIpc) is 2.68. The van der Waals surface area contributed by atoms with E-state index in [-0.39, 0.29) is 0 Å². The fourth-order valence-electron chi connectivity index (χ4n) is 1.09. The number of hydrogen-bond donors (Lipinski definition) is 1. The third-order valence-corrected chi connectivity index (χ3v) is 1.74. The van der Waals surface area contributed by atoms with Gasteiger partial charge in [0, 0.05) is 5.56 Å². The first-order valence-corrected chi connectivity index (χ1v) is 4.03. The maximum absolute atomic E-state index is 12.2. The van der Waals surface area contributed by atoms with Gasteiger partial charge in [0.1, 0.15) is 0 Å². The van der Waals surface area contributed by atoms with Gasteiger partial charge in [-0.05, 0) is 0 Å². The fourth-order valence-corrected chi connectivity index (χ4v) is 1.09. The van der Waals surface area contributed by atoms with Crippen LogP contribution in [-0.4, -0.2) is 15.2 Å². The Morgan fingerprint density at radius 2 is 1.86 bits per heavy atom.